The van der Waals surface area contributed by atoms with Gasteiger partial charge in [0.15, 0.2) is 11.3 Å². The predicted molar refractivity (Wildman–Crippen MR) is 244 cm³/mol. The fourth-order valence-electron chi connectivity index (χ4n) is 8.20. The number of fused-ring (bicyclic) bond motifs is 2. The van der Waals surface area contributed by atoms with Crippen LogP contribution in [0.2, 0.25) is 5.15 Å². The van der Waals surface area contributed by atoms with Crippen LogP contribution >= 0.6 is 11.6 Å². The van der Waals surface area contributed by atoms with Gasteiger partial charge in [0.2, 0.25) is 11.9 Å². The zero-order valence-corrected chi connectivity index (χ0v) is 35.2. The van der Waals surface area contributed by atoms with Gasteiger partial charge < -0.3 is 16.0 Å². The van der Waals surface area contributed by atoms with E-state index in [9.17, 15) is 8.78 Å². The molecule has 320 valence electrons. The smallest absolute Gasteiger partial charge is 0.224 e. The molecule has 64 heavy (non-hydrogen) atoms. The standard InChI is InChI=1S/C26H23FN8.C21H18ClFN6/c27-18-7-5-17(6-8-18)25-34-24-21(9-10-22(32-24)30-20-11-14-28-15-12-20)35(25)23-13-16-29-26(33-23)31-19-3-1-2-4-19;22-17-10-9-16-19(26-17)28-20(13-5-7-14(23)8-6-13)29(16)18-11-12-24-21(27-18)25-15-3-1-2-4-15/h5-16,19H,1-4H2,(H,28,30,32)(H,29,31,33);5-12,15H,1-4H2,(H,24,25,27). The summed E-state index contributed by atoms with van der Waals surface area (Å²) in [6, 6.07) is 28.1. The highest BCUT2D eigenvalue weighted by molar-refractivity contribution is 6.29. The minimum Gasteiger partial charge on any atom is -0.351 e. The number of nitrogens with zero attached hydrogens (tertiary/aromatic N) is 11. The second-order valence-corrected chi connectivity index (χ2v) is 16.0. The van der Waals surface area contributed by atoms with E-state index in [-0.39, 0.29) is 11.6 Å². The first kappa shape index (κ1) is 40.6. The Morgan fingerprint density at radius 1 is 0.500 bits per heavy atom. The second kappa shape index (κ2) is 18.1. The van der Waals surface area contributed by atoms with Crippen LogP contribution in [0.25, 0.3) is 56.7 Å². The molecule has 7 heterocycles. The summed E-state index contributed by atoms with van der Waals surface area (Å²) < 4.78 is 30.9. The van der Waals surface area contributed by atoms with Crippen LogP contribution < -0.4 is 16.0 Å². The quantitative estimate of drug-likeness (QED) is 0.112. The molecule has 2 saturated carbocycles. The molecule has 0 amide bonds. The van der Waals surface area contributed by atoms with Crippen molar-refractivity contribution >= 4 is 57.3 Å². The van der Waals surface area contributed by atoms with Crippen molar-refractivity contribution in [2.45, 2.75) is 63.5 Å². The number of hydrogen-bond acceptors (Lipinski definition) is 12. The SMILES string of the molecule is Fc1ccc(-c2nc3nc(Cl)ccc3n2-c2ccnc(NC3CCCC3)n2)cc1.Fc1ccc(-c2nc3nc(Nc4ccncc4)ccc3n2-c2ccnc(NC3CCCC3)n2)cc1. The highest BCUT2D eigenvalue weighted by Crippen LogP contribution is 2.31. The van der Waals surface area contributed by atoms with E-state index < -0.39 is 0 Å². The Morgan fingerprint density at radius 3 is 1.50 bits per heavy atom. The molecule has 2 aromatic carbocycles. The van der Waals surface area contributed by atoms with E-state index in [1.54, 1.807) is 55.1 Å². The molecule has 0 saturated heterocycles. The van der Waals surface area contributed by atoms with Crippen molar-refractivity contribution in [3.63, 3.8) is 0 Å². The van der Waals surface area contributed by atoms with Crippen molar-refractivity contribution in [3.05, 3.63) is 139 Å². The summed E-state index contributed by atoms with van der Waals surface area (Å²) in [5, 5.41) is 10.5. The number of pyridine rings is 3. The lowest BCUT2D eigenvalue weighted by Crippen LogP contribution is -2.17. The van der Waals surface area contributed by atoms with E-state index in [1.165, 1.54) is 49.9 Å². The maximum absolute atomic E-state index is 13.7. The van der Waals surface area contributed by atoms with Crippen molar-refractivity contribution < 1.29 is 8.78 Å². The minimum atomic E-state index is -0.303. The molecule has 2 aliphatic carbocycles. The van der Waals surface area contributed by atoms with Gasteiger partial charge in [-0.05, 0) is 123 Å². The molecular weight excluding hydrogens is 834 g/mol. The molecule has 0 unspecified atom stereocenters. The van der Waals surface area contributed by atoms with Gasteiger partial charge in [-0.25, -0.2) is 38.7 Å². The van der Waals surface area contributed by atoms with Gasteiger partial charge in [0.25, 0.3) is 0 Å². The summed E-state index contributed by atoms with van der Waals surface area (Å²) >= 11 is 6.07. The number of rotatable bonds is 10. The third-order valence-corrected chi connectivity index (χ3v) is 11.5. The molecule has 11 rings (SSSR count). The summed E-state index contributed by atoms with van der Waals surface area (Å²) in [5.74, 6) is 3.79. The zero-order valence-electron chi connectivity index (χ0n) is 34.4. The molecular formula is C47H41ClF2N14. The number of benzene rings is 2. The maximum atomic E-state index is 13.7. The Labute approximate surface area is 371 Å². The van der Waals surface area contributed by atoms with Crippen molar-refractivity contribution in [2.75, 3.05) is 16.0 Å². The minimum absolute atomic E-state index is 0.302. The first-order chi connectivity index (χ1) is 31.4. The molecule has 0 bridgehead atoms. The van der Waals surface area contributed by atoms with E-state index >= 15 is 0 Å². The molecule has 3 N–H and O–H groups in total. The zero-order chi connectivity index (χ0) is 43.4. The van der Waals surface area contributed by atoms with E-state index in [2.05, 4.69) is 40.9 Å². The van der Waals surface area contributed by atoms with Crippen molar-refractivity contribution in [2.24, 2.45) is 0 Å². The Balaban J connectivity index is 0.000000154. The van der Waals surface area contributed by atoms with E-state index in [0.717, 1.165) is 53.5 Å². The lowest BCUT2D eigenvalue weighted by Gasteiger charge is -2.14. The highest BCUT2D eigenvalue weighted by atomic mass is 35.5. The summed E-state index contributed by atoms with van der Waals surface area (Å²) in [6.07, 6.45) is 16.3. The number of halogens is 3. The van der Waals surface area contributed by atoms with Gasteiger partial charge in [-0.3, -0.25) is 14.1 Å². The Morgan fingerprint density at radius 2 is 0.984 bits per heavy atom. The lowest BCUT2D eigenvalue weighted by atomic mass is 10.2. The van der Waals surface area contributed by atoms with Crippen molar-refractivity contribution in [1.29, 1.82) is 0 Å². The Hall–Kier alpha value is -7.46. The number of nitrogens with one attached hydrogen (secondary N) is 3. The third-order valence-electron chi connectivity index (χ3n) is 11.3. The van der Waals surface area contributed by atoms with Crippen LogP contribution in [-0.2, 0) is 0 Å². The van der Waals surface area contributed by atoms with Crippen molar-refractivity contribution in [1.82, 2.24) is 54.0 Å². The topological polar surface area (TPSA) is 162 Å². The second-order valence-electron chi connectivity index (χ2n) is 15.7. The fourth-order valence-corrected chi connectivity index (χ4v) is 8.34. The van der Waals surface area contributed by atoms with E-state index in [4.69, 9.17) is 31.5 Å². The normalized spacial score (nSPS) is 14.2. The fraction of sp³-hybridized carbons (Fsp3) is 0.213. The lowest BCUT2D eigenvalue weighted by molar-refractivity contribution is 0.627. The molecule has 2 aliphatic rings. The van der Waals surface area contributed by atoms with Crippen LogP contribution in [0.4, 0.5) is 32.2 Å². The van der Waals surface area contributed by atoms with Crippen molar-refractivity contribution in [3.8, 4) is 34.4 Å². The molecule has 9 aromatic rings. The van der Waals surface area contributed by atoms with Crippen LogP contribution in [0.1, 0.15) is 51.4 Å². The molecule has 14 nitrogen and oxygen atoms in total. The predicted octanol–water partition coefficient (Wildman–Crippen LogP) is 10.5. The summed E-state index contributed by atoms with van der Waals surface area (Å²) in [6.45, 7) is 0. The molecule has 0 atom stereocenters. The first-order valence-corrected chi connectivity index (χ1v) is 21.6. The van der Waals surface area contributed by atoms with Crippen LogP contribution in [0.15, 0.2) is 122 Å². The summed E-state index contributed by atoms with van der Waals surface area (Å²) in [4.78, 5) is 40.9. The van der Waals surface area contributed by atoms with Crippen LogP contribution in [0.3, 0.4) is 0 Å². The van der Waals surface area contributed by atoms with Gasteiger partial charge >= 0.3 is 0 Å². The summed E-state index contributed by atoms with van der Waals surface area (Å²) in [7, 11) is 0. The van der Waals surface area contributed by atoms with Gasteiger partial charge in [-0.1, -0.05) is 37.3 Å². The first-order valence-electron chi connectivity index (χ1n) is 21.2. The van der Waals surface area contributed by atoms with Gasteiger partial charge in [-0.2, -0.15) is 9.97 Å². The molecule has 0 spiro atoms. The van der Waals surface area contributed by atoms with Crippen LogP contribution in [0.5, 0.6) is 0 Å². The molecule has 2 fully saturated rings. The number of hydrogen-bond donors (Lipinski definition) is 3. The Bertz CT molecular complexity index is 3040. The van der Waals surface area contributed by atoms with Gasteiger partial charge in [0.05, 0.1) is 11.0 Å². The number of aromatic nitrogens is 11. The molecule has 7 aromatic heterocycles. The third kappa shape index (κ3) is 8.90. The largest absolute Gasteiger partial charge is 0.351 e. The Kier molecular flexibility index (Phi) is 11.5. The monoisotopic (exact) mass is 874 g/mol. The average molecular weight is 875 g/mol. The van der Waals surface area contributed by atoms with Crippen LogP contribution in [-0.4, -0.2) is 66.1 Å². The van der Waals surface area contributed by atoms with E-state index in [1.807, 2.05) is 51.6 Å². The molecule has 17 heteroatoms. The van der Waals surface area contributed by atoms with Gasteiger partial charge in [0, 0.05) is 53.7 Å². The number of imidazole rings is 2. The maximum Gasteiger partial charge on any atom is 0.224 e. The van der Waals surface area contributed by atoms with E-state index in [0.29, 0.717) is 69.5 Å². The average Bonchev–Trinajstić information content (AvgIpc) is 4.15. The number of anilines is 4. The van der Waals surface area contributed by atoms with Gasteiger partial charge in [-0.15, -0.1) is 0 Å². The summed E-state index contributed by atoms with van der Waals surface area (Å²) in [5.41, 5.74) is 4.99. The highest BCUT2D eigenvalue weighted by Gasteiger charge is 2.22. The molecule has 0 aliphatic heterocycles. The molecule has 0 radical (unpaired) electrons. The van der Waals surface area contributed by atoms with Crippen LogP contribution in [0, 0.1) is 11.6 Å². The van der Waals surface area contributed by atoms with Gasteiger partial charge in [0.1, 0.15) is 45.9 Å².